The van der Waals surface area contributed by atoms with Gasteiger partial charge in [-0.1, -0.05) is 12.1 Å². The minimum absolute atomic E-state index is 0.124. The van der Waals surface area contributed by atoms with Gasteiger partial charge in [0.1, 0.15) is 5.54 Å². The molecule has 0 bridgehead atoms. The van der Waals surface area contributed by atoms with Gasteiger partial charge in [0.25, 0.3) is 0 Å². The summed E-state index contributed by atoms with van der Waals surface area (Å²) in [5.74, 6) is -0.219. The van der Waals surface area contributed by atoms with Crippen molar-refractivity contribution < 1.29 is 9.53 Å². The van der Waals surface area contributed by atoms with E-state index in [0.717, 1.165) is 11.0 Å². The van der Waals surface area contributed by atoms with Gasteiger partial charge in [-0.3, -0.25) is 4.79 Å². The fraction of sp³-hybridized carbons (Fsp3) is 0.500. The highest BCUT2D eigenvalue weighted by Crippen LogP contribution is 2.25. The van der Waals surface area contributed by atoms with Crippen molar-refractivity contribution >= 4 is 17.0 Å². The summed E-state index contributed by atoms with van der Waals surface area (Å²) in [5.41, 5.74) is 1.33. The van der Waals surface area contributed by atoms with Crippen LogP contribution in [0.5, 0.6) is 0 Å². The van der Waals surface area contributed by atoms with E-state index in [1.54, 1.807) is 7.05 Å². The number of carbonyl (C=O) groups is 1. The number of benzene rings is 1. The molecular formula is C16H23N3O2. The van der Waals surface area contributed by atoms with Gasteiger partial charge in [0.2, 0.25) is 0 Å². The van der Waals surface area contributed by atoms with Gasteiger partial charge in [0, 0.05) is 6.04 Å². The standard InChI is InChI=1S/C16H23N3O2/c1-5-21-15(20)16(3,17-4)10-12(2)19-11-18-13-8-6-7-9-14(13)19/h6-9,11-12,17H,5,10H2,1-4H3. The molecule has 0 saturated heterocycles. The van der Waals surface area contributed by atoms with E-state index in [4.69, 9.17) is 4.74 Å². The van der Waals surface area contributed by atoms with E-state index >= 15 is 0 Å². The first-order valence-corrected chi connectivity index (χ1v) is 7.29. The molecule has 0 radical (unpaired) electrons. The number of para-hydroxylation sites is 2. The Morgan fingerprint density at radius 1 is 1.48 bits per heavy atom. The van der Waals surface area contributed by atoms with E-state index in [9.17, 15) is 4.79 Å². The molecule has 1 aromatic heterocycles. The number of rotatable bonds is 6. The molecule has 0 aliphatic heterocycles. The lowest BCUT2D eigenvalue weighted by Gasteiger charge is -2.30. The van der Waals surface area contributed by atoms with E-state index in [2.05, 4.69) is 21.8 Å². The highest BCUT2D eigenvalue weighted by molar-refractivity contribution is 5.80. The topological polar surface area (TPSA) is 56.2 Å². The summed E-state index contributed by atoms with van der Waals surface area (Å²) in [4.78, 5) is 16.6. The molecule has 2 atom stereocenters. The maximum absolute atomic E-state index is 12.2. The molecule has 0 saturated carbocycles. The monoisotopic (exact) mass is 289 g/mol. The van der Waals surface area contributed by atoms with E-state index < -0.39 is 5.54 Å². The molecule has 0 fully saturated rings. The molecular weight excluding hydrogens is 266 g/mol. The Bertz CT molecular complexity index is 623. The predicted octanol–water partition coefficient (Wildman–Crippen LogP) is 2.53. The number of esters is 1. The molecule has 0 amide bonds. The summed E-state index contributed by atoms with van der Waals surface area (Å²) in [7, 11) is 1.79. The van der Waals surface area contributed by atoms with Gasteiger partial charge in [0.15, 0.2) is 0 Å². The lowest BCUT2D eigenvalue weighted by atomic mass is 9.93. The number of imidazole rings is 1. The fourth-order valence-corrected chi connectivity index (χ4v) is 2.60. The maximum atomic E-state index is 12.2. The number of carbonyl (C=O) groups excluding carboxylic acids is 1. The average molecular weight is 289 g/mol. The molecule has 5 nitrogen and oxygen atoms in total. The number of nitrogens with zero attached hydrogens (tertiary/aromatic N) is 2. The van der Waals surface area contributed by atoms with E-state index in [1.165, 1.54) is 0 Å². The van der Waals surface area contributed by atoms with Gasteiger partial charge >= 0.3 is 5.97 Å². The molecule has 1 aromatic carbocycles. The van der Waals surface area contributed by atoms with Crippen molar-refractivity contribution in [2.75, 3.05) is 13.7 Å². The predicted molar refractivity (Wildman–Crippen MR) is 83.2 cm³/mol. The first kappa shape index (κ1) is 15.5. The Kier molecular flexibility index (Phi) is 4.63. The number of hydrogen-bond donors (Lipinski definition) is 1. The Morgan fingerprint density at radius 2 is 2.19 bits per heavy atom. The van der Waals surface area contributed by atoms with Crippen LogP contribution in [-0.4, -0.2) is 34.7 Å². The van der Waals surface area contributed by atoms with Gasteiger partial charge in [-0.2, -0.15) is 0 Å². The summed E-state index contributed by atoms with van der Waals surface area (Å²) in [6.45, 7) is 6.17. The normalized spacial score (nSPS) is 15.6. The zero-order valence-corrected chi connectivity index (χ0v) is 13.1. The maximum Gasteiger partial charge on any atom is 0.326 e. The van der Waals surface area contributed by atoms with Crippen molar-refractivity contribution in [3.05, 3.63) is 30.6 Å². The van der Waals surface area contributed by atoms with Crippen LogP contribution in [0, 0.1) is 0 Å². The minimum atomic E-state index is -0.708. The molecule has 0 aliphatic carbocycles. The molecule has 1 N–H and O–H groups in total. The first-order chi connectivity index (χ1) is 10.0. The smallest absolute Gasteiger partial charge is 0.326 e. The van der Waals surface area contributed by atoms with Crippen LogP contribution >= 0.6 is 0 Å². The SMILES string of the molecule is CCOC(=O)C(C)(CC(C)n1cnc2ccccc21)NC. The second-order valence-corrected chi connectivity index (χ2v) is 5.50. The third-order valence-electron chi connectivity index (χ3n) is 3.94. The number of nitrogens with one attached hydrogen (secondary N) is 1. The summed E-state index contributed by atoms with van der Waals surface area (Å²) >= 11 is 0. The zero-order valence-electron chi connectivity index (χ0n) is 13.1. The molecule has 114 valence electrons. The van der Waals surface area contributed by atoms with Crippen molar-refractivity contribution in [3.63, 3.8) is 0 Å². The molecule has 21 heavy (non-hydrogen) atoms. The van der Waals surface area contributed by atoms with Gasteiger partial charge in [-0.15, -0.1) is 0 Å². The molecule has 0 spiro atoms. The number of likely N-dealkylation sites (N-methyl/N-ethyl adjacent to an activating group) is 1. The quantitative estimate of drug-likeness (QED) is 0.830. The second-order valence-electron chi connectivity index (χ2n) is 5.50. The Labute approximate surface area is 125 Å². The lowest BCUT2D eigenvalue weighted by molar-refractivity contribution is -0.151. The first-order valence-electron chi connectivity index (χ1n) is 7.29. The summed E-state index contributed by atoms with van der Waals surface area (Å²) in [6, 6.07) is 8.12. The van der Waals surface area contributed by atoms with Crippen molar-refractivity contribution in [1.29, 1.82) is 0 Å². The van der Waals surface area contributed by atoms with Crippen LogP contribution in [0.25, 0.3) is 11.0 Å². The summed E-state index contributed by atoms with van der Waals surface area (Å²) in [6.07, 6.45) is 2.46. The average Bonchev–Trinajstić information content (AvgIpc) is 2.91. The van der Waals surface area contributed by atoms with Crippen LogP contribution < -0.4 is 5.32 Å². The minimum Gasteiger partial charge on any atom is -0.465 e. The highest BCUT2D eigenvalue weighted by Gasteiger charge is 2.35. The Balaban J connectivity index is 2.23. The van der Waals surface area contributed by atoms with Crippen LogP contribution in [0.15, 0.2) is 30.6 Å². The Morgan fingerprint density at radius 3 is 2.86 bits per heavy atom. The summed E-state index contributed by atoms with van der Waals surface area (Å²) in [5, 5.41) is 3.10. The Hall–Kier alpha value is -1.88. The van der Waals surface area contributed by atoms with Crippen LogP contribution in [0.4, 0.5) is 0 Å². The van der Waals surface area contributed by atoms with Crippen molar-refractivity contribution in [1.82, 2.24) is 14.9 Å². The van der Waals surface area contributed by atoms with Crippen LogP contribution in [0.1, 0.15) is 33.2 Å². The van der Waals surface area contributed by atoms with Crippen molar-refractivity contribution in [3.8, 4) is 0 Å². The number of fused-ring (bicyclic) bond motifs is 1. The second kappa shape index (κ2) is 6.26. The number of aromatic nitrogens is 2. The third-order valence-corrected chi connectivity index (χ3v) is 3.94. The van der Waals surface area contributed by atoms with Gasteiger partial charge in [-0.05, 0) is 46.4 Å². The van der Waals surface area contributed by atoms with Crippen molar-refractivity contribution in [2.24, 2.45) is 0 Å². The highest BCUT2D eigenvalue weighted by atomic mass is 16.5. The number of hydrogen-bond acceptors (Lipinski definition) is 4. The molecule has 5 heteroatoms. The van der Waals surface area contributed by atoms with Gasteiger partial charge in [0.05, 0.1) is 24.0 Å². The molecule has 2 aromatic rings. The molecule has 0 aliphatic rings. The van der Waals surface area contributed by atoms with Gasteiger partial charge in [-0.25, -0.2) is 4.98 Å². The van der Waals surface area contributed by atoms with Crippen LogP contribution in [0.3, 0.4) is 0 Å². The van der Waals surface area contributed by atoms with E-state index in [-0.39, 0.29) is 12.0 Å². The zero-order chi connectivity index (χ0) is 15.5. The fourth-order valence-electron chi connectivity index (χ4n) is 2.60. The van der Waals surface area contributed by atoms with E-state index in [1.807, 2.05) is 44.4 Å². The largest absolute Gasteiger partial charge is 0.465 e. The molecule has 1 heterocycles. The lowest BCUT2D eigenvalue weighted by Crippen LogP contribution is -2.49. The van der Waals surface area contributed by atoms with Crippen LogP contribution in [0.2, 0.25) is 0 Å². The van der Waals surface area contributed by atoms with E-state index in [0.29, 0.717) is 13.0 Å². The third kappa shape index (κ3) is 3.08. The molecule has 2 rings (SSSR count). The van der Waals surface area contributed by atoms with Gasteiger partial charge < -0.3 is 14.6 Å². The van der Waals surface area contributed by atoms with Crippen molar-refractivity contribution in [2.45, 2.75) is 38.8 Å². The number of ether oxygens (including phenoxy) is 1. The molecule has 2 unspecified atom stereocenters. The van der Waals surface area contributed by atoms with Crippen LogP contribution in [-0.2, 0) is 9.53 Å². The summed E-state index contributed by atoms with van der Waals surface area (Å²) < 4.78 is 7.28.